The van der Waals surface area contributed by atoms with Crippen LogP contribution in [0.15, 0.2) is 24.3 Å². The lowest BCUT2D eigenvalue weighted by molar-refractivity contribution is 0.129. The molecule has 1 saturated carbocycles. The number of ether oxygens (including phenoxy) is 1. The van der Waals surface area contributed by atoms with Crippen molar-refractivity contribution in [1.82, 2.24) is 0 Å². The van der Waals surface area contributed by atoms with Gasteiger partial charge in [-0.25, -0.2) is 0 Å². The highest BCUT2D eigenvalue weighted by molar-refractivity contribution is 6.58. The molecule has 0 spiro atoms. The van der Waals surface area contributed by atoms with Crippen LogP contribution >= 0.6 is 0 Å². The first-order valence-electron chi connectivity index (χ1n) is 6.28. The van der Waals surface area contributed by atoms with E-state index in [-0.39, 0.29) is 6.10 Å². The summed E-state index contributed by atoms with van der Waals surface area (Å²) in [6.45, 7) is 2.25. The molecule has 1 aliphatic rings. The summed E-state index contributed by atoms with van der Waals surface area (Å²) in [6, 6.07) is 7.03. The van der Waals surface area contributed by atoms with Crippen molar-refractivity contribution >= 4 is 12.6 Å². The summed E-state index contributed by atoms with van der Waals surface area (Å²) in [7, 11) is -1.43. The molecule has 3 nitrogen and oxygen atoms in total. The topological polar surface area (TPSA) is 49.7 Å². The molecule has 2 rings (SSSR count). The zero-order valence-electron chi connectivity index (χ0n) is 10.2. The molecule has 92 valence electrons. The van der Waals surface area contributed by atoms with Crippen LogP contribution in [0.1, 0.15) is 32.6 Å². The standard InChI is InChI=1S/C13H19BO3/c1-10-4-2-6-12(8-10)17-13-7-3-5-11(9-13)14(15)16/h3,5,7,9-10,12,15-16H,2,4,6,8H2,1H3. The fourth-order valence-corrected chi connectivity index (χ4v) is 2.43. The van der Waals surface area contributed by atoms with Gasteiger partial charge < -0.3 is 14.8 Å². The zero-order valence-corrected chi connectivity index (χ0v) is 10.2. The van der Waals surface area contributed by atoms with Crippen LogP contribution in [0.2, 0.25) is 0 Å². The fourth-order valence-electron chi connectivity index (χ4n) is 2.43. The minimum atomic E-state index is -1.43. The lowest BCUT2D eigenvalue weighted by Crippen LogP contribution is -2.30. The van der Waals surface area contributed by atoms with Crippen LogP contribution in [-0.2, 0) is 0 Å². The van der Waals surface area contributed by atoms with E-state index >= 15 is 0 Å². The number of rotatable bonds is 3. The highest BCUT2D eigenvalue weighted by atomic mass is 16.5. The number of benzene rings is 1. The second kappa shape index (κ2) is 5.56. The van der Waals surface area contributed by atoms with E-state index in [9.17, 15) is 0 Å². The Hall–Kier alpha value is -0.995. The Balaban J connectivity index is 2.00. The normalized spacial score (nSPS) is 24.4. The van der Waals surface area contributed by atoms with Gasteiger partial charge in [-0.1, -0.05) is 25.5 Å². The summed E-state index contributed by atoms with van der Waals surface area (Å²) >= 11 is 0. The van der Waals surface area contributed by atoms with Crippen molar-refractivity contribution < 1.29 is 14.8 Å². The van der Waals surface area contributed by atoms with Gasteiger partial charge in [0, 0.05) is 0 Å². The summed E-state index contributed by atoms with van der Waals surface area (Å²) < 4.78 is 5.89. The predicted octanol–water partition coefficient (Wildman–Crippen LogP) is 1.32. The Labute approximate surface area is 103 Å². The van der Waals surface area contributed by atoms with E-state index < -0.39 is 7.12 Å². The van der Waals surface area contributed by atoms with Crippen LogP contribution in [0.5, 0.6) is 5.75 Å². The molecule has 1 aromatic carbocycles. The lowest BCUT2D eigenvalue weighted by Gasteiger charge is -2.27. The van der Waals surface area contributed by atoms with E-state index in [0.29, 0.717) is 5.46 Å². The Bertz CT molecular complexity index is 367. The van der Waals surface area contributed by atoms with Gasteiger partial charge in [0.2, 0.25) is 0 Å². The molecule has 0 aliphatic heterocycles. The van der Waals surface area contributed by atoms with Crippen molar-refractivity contribution in [2.45, 2.75) is 38.7 Å². The molecule has 4 heteroatoms. The van der Waals surface area contributed by atoms with E-state index in [0.717, 1.165) is 24.5 Å². The van der Waals surface area contributed by atoms with Crippen LogP contribution < -0.4 is 10.2 Å². The van der Waals surface area contributed by atoms with Gasteiger partial charge in [-0.05, 0) is 42.8 Å². The molecule has 2 atom stereocenters. The van der Waals surface area contributed by atoms with E-state index in [4.69, 9.17) is 14.8 Å². The van der Waals surface area contributed by atoms with Crippen molar-refractivity contribution in [3.8, 4) is 5.75 Å². The smallest absolute Gasteiger partial charge is 0.488 e. The molecule has 17 heavy (non-hydrogen) atoms. The Kier molecular flexibility index (Phi) is 4.08. The van der Waals surface area contributed by atoms with E-state index in [1.807, 2.05) is 6.07 Å². The first-order chi connectivity index (χ1) is 8.15. The van der Waals surface area contributed by atoms with Crippen molar-refractivity contribution in [2.75, 3.05) is 0 Å². The summed E-state index contributed by atoms with van der Waals surface area (Å²) in [5, 5.41) is 18.2. The van der Waals surface area contributed by atoms with E-state index in [1.165, 1.54) is 12.8 Å². The summed E-state index contributed by atoms with van der Waals surface area (Å²) in [5.74, 6) is 1.45. The molecule has 2 unspecified atom stereocenters. The monoisotopic (exact) mass is 234 g/mol. The predicted molar refractivity (Wildman–Crippen MR) is 68.3 cm³/mol. The molecule has 0 radical (unpaired) electrons. The maximum Gasteiger partial charge on any atom is 0.488 e. The molecule has 0 saturated heterocycles. The van der Waals surface area contributed by atoms with Gasteiger partial charge in [0.25, 0.3) is 0 Å². The van der Waals surface area contributed by atoms with E-state index in [2.05, 4.69) is 6.92 Å². The van der Waals surface area contributed by atoms with Gasteiger partial charge in [0.1, 0.15) is 5.75 Å². The van der Waals surface area contributed by atoms with Crippen LogP contribution in [0.25, 0.3) is 0 Å². The highest BCUT2D eigenvalue weighted by Crippen LogP contribution is 2.26. The summed E-state index contributed by atoms with van der Waals surface area (Å²) in [6.07, 6.45) is 4.95. The third kappa shape index (κ3) is 3.48. The van der Waals surface area contributed by atoms with Crippen LogP contribution in [0, 0.1) is 5.92 Å². The van der Waals surface area contributed by atoms with Gasteiger partial charge in [0.05, 0.1) is 6.10 Å². The van der Waals surface area contributed by atoms with Crippen molar-refractivity contribution in [1.29, 1.82) is 0 Å². The molecule has 1 aliphatic carbocycles. The van der Waals surface area contributed by atoms with Gasteiger partial charge >= 0.3 is 7.12 Å². The molecule has 1 aromatic rings. The minimum Gasteiger partial charge on any atom is -0.490 e. The SMILES string of the molecule is CC1CCCC(Oc2cccc(B(O)O)c2)C1. The largest absolute Gasteiger partial charge is 0.490 e. The Morgan fingerprint density at radius 1 is 1.29 bits per heavy atom. The third-order valence-electron chi connectivity index (χ3n) is 3.35. The quantitative estimate of drug-likeness (QED) is 0.775. The summed E-state index contributed by atoms with van der Waals surface area (Å²) in [4.78, 5) is 0. The van der Waals surface area contributed by atoms with Gasteiger partial charge in [-0.3, -0.25) is 0 Å². The van der Waals surface area contributed by atoms with Gasteiger partial charge in [-0.2, -0.15) is 0 Å². The maximum atomic E-state index is 9.10. The average molecular weight is 234 g/mol. The average Bonchev–Trinajstić information content (AvgIpc) is 2.29. The molecule has 0 aromatic heterocycles. The van der Waals surface area contributed by atoms with Crippen LogP contribution in [0.4, 0.5) is 0 Å². The molecule has 0 bridgehead atoms. The van der Waals surface area contributed by atoms with Crippen molar-refractivity contribution in [2.24, 2.45) is 5.92 Å². The molecule has 0 amide bonds. The zero-order chi connectivity index (χ0) is 12.3. The second-order valence-corrected chi connectivity index (χ2v) is 4.96. The van der Waals surface area contributed by atoms with E-state index in [1.54, 1.807) is 18.2 Å². The molecule has 0 heterocycles. The number of hydrogen-bond acceptors (Lipinski definition) is 3. The minimum absolute atomic E-state index is 0.268. The molecular weight excluding hydrogens is 215 g/mol. The Morgan fingerprint density at radius 2 is 2.12 bits per heavy atom. The lowest BCUT2D eigenvalue weighted by atomic mass is 9.80. The third-order valence-corrected chi connectivity index (χ3v) is 3.35. The first-order valence-corrected chi connectivity index (χ1v) is 6.28. The van der Waals surface area contributed by atoms with Gasteiger partial charge in [0.15, 0.2) is 0 Å². The van der Waals surface area contributed by atoms with Gasteiger partial charge in [-0.15, -0.1) is 0 Å². The first kappa shape index (κ1) is 12.5. The highest BCUT2D eigenvalue weighted by Gasteiger charge is 2.20. The van der Waals surface area contributed by atoms with Crippen molar-refractivity contribution in [3.63, 3.8) is 0 Å². The molecular formula is C13H19BO3. The van der Waals surface area contributed by atoms with Crippen LogP contribution in [0.3, 0.4) is 0 Å². The molecule has 2 N–H and O–H groups in total. The van der Waals surface area contributed by atoms with Crippen molar-refractivity contribution in [3.05, 3.63) is 24.3 Å². The summed E-state index contributed by atoms with van der Waals surface area (Å²) in [5.41, 5.74) is 0.478. The van der Waals surface area contributed by atoms with Crippen LogP contribution in [-0.4, -0.2) is 23.3 Å². The number of hydrogen-bond donors (Lipinski definition) is 2. The molecule has 1 fully saturated rings. The second-order valence-electron chi connectivity index (χ2n) is 4.96. The maximum absolute atomic E-state index is 9.10. The fraction of sp³-hybridized carbons (Fsp3) is 0.538. The Morgan fingerprint density at radius 3 is 2.82 bits per heavy atom.